The van der Waals surface area contributed by atoms with E-state index in [1.54, 1.807) is 28.9 Å². The van der Waals surface area contributed by atoms with Crippen LogP contribution < -0.4 is 10.2 Å². The molecule has 1 N–H and O–H groups in total. The number of hydrogen-bond acceptors (Lipinski definition) is 4. The SMILES string of the molecule is O=C(NN1CCCCC1)c1nn(-c2ccc(Cl)cc2Cl)c2c1COc1c(Cl)cccc1-2. The smallest absolute Gasteiger partial charge is 0.286 e. The van der Waals surface area contributed by atoms with Gasteiger partial charge in [-0.2, -0.15) is 5.10 Å². The molecule has 2 aliphatic heterocycles. The minimum absolute atomic E-state index is 0.181. The maximum absolute atomic E-state index is 13.2. The molecular weight excluding hydrogens is 459 g/mol. The van der Waals surface area contributed by atoms with Crippen LogP contribution in [0.1, 0.15) is 35.3 Å². The summed E-state index contributed by atoms with van der Waals surface area (Å²) < 4.78 is 7.60. The second kappa shape index (κ2) is 8.36. The van der Waals surface area contributed by atoms with Crippen LogP contribution in [-0.2, 0) is 6.61 Å². The quantitative estimate of drug-likeness (QED) is 0.539. The summed E-state index contributed by atoms with van der Waals surface area (Å²) in [7, 11) is 0. The lowest BCUT2D eigenvalue weighted by Gasteiger charge is -2.26. The summed E-state index contributed by atoms with van der Waals surface area (Å²) in [6, 6.07) is 10.7. The van der Waals surface area contributed by atoms with E-state index in [2.05, 4.69) is 10.5 Å². The standard InChI is InChI=1S/C22H19Cl3N4O2/c23-13-7-8-18(17(25)11-13)29-20-14-5-4-6-16(24)21(14)31-12-15(20)19(26-29)22(30)27-28-9-2-1-3-10-28/h4-8,11H,1-3,9-10,12H2,(H,27,30). The molecule has 1 saturated heterocycles. The van der Waals surface area contributed by atoms with E-state index >= 15 is 0 Å². The molecule has 160 valence electrons. The largest absolute Gasteiger partial charge is 0.486 e. The molecule has 2 aromatic carbocycles. The summed E-state index contributed by atoms with van der Waals surface area (Å²) in [5.41, 5.74) is 6.09. The van der Waals surface area contributed by atoms with Crippen LogP contribution in [-0.4, -0.2) is 33.8 Å². The van der Waals surface area contributed by atoms with Gasteiger partial charge in [0.25, 0.3) is 5.91 Å². The van der Waals surface area contributed by atoms with Crippen LogP contribution >= 0.6 is 34.8 Å². The first kappa shape index (κ1) is 20.6. The average Bonchev–Trinajstić information content (AvgIpc) is 3.15. The number of ether oxygens (including phenoxy) is 1. The summed E-state index contributed by atoms with van der Waals surface area (Å²) in [5.74, 6) is 0.293. The Balaban J connectivity index is 1.65. The fraction of sp³-hybridized carbons (Fsp3) is 0.273. The van der Waals surface area contributed by atoms with Crippen LogP contribution in [0.25, 0.3) is 16.9 Å². The van der Waals surface area contributed by atoms with Gasteiger partial charge in [0.2, 0.25) is 0 Å². The Morgan fingerprint density at radius 2 is 1.84 bits per heavy atom. The zero-order valence-corrected chi connectivity index (χ0v) is 18.8. The first-order valence-electron chi connectivity index (χ1n) is 10.1. The van der Waals surface area contributed by atoms with Gasteiger partial charge in [-0.25, -0.2) is 9.69 Å². The number of carbonyl (C=O) groups excluding carboxylic acids is 1. The number of halogens is 3. The molecule has 0 bridgehead atoms. The maximum atomic E-state index is 13.2. The number of benzene rings is 2. The van der Waals surface area contributed by atoms with Crippen molar-refractivity contribution in [3.63, 3.8) is 0 Å². The number of piperidine rings is 1. The Labute approximate surface area is 194 Å². The Morgan fingerprint density at radius 3 is 2.61 bits per heavy atom. The summed E-state index contributed by atoms with van der Waals surface area (Å²) >= 11 is 19.0. The number of carbonyl (C=O) groups is 1. The number of amides is 1. The van der Waals surface area contributed by atoms with Gasteiger partial charge in [-0.05, 0) is 43.2 Å². The van der Waals surface area contributed by atoms with Crippen molar-refractivity contribution in [2.24, 2.45) is 0 Å². The van der Waals surface area contributed by atoms with Crippen LogP contribution in [0.15, 0.2) is 36.4 Å². The second-order valence-electron chi connectivity index (χ2n) is 7.58. The van der Waals surface area contributed by atoms with E-state index in [0.717, 1.165) is 37.2 Å². The highest BCUT2D eigenvalue weighted by atomic mass is 35.5. The lowest BCUT2D eigenvalue weighted by molar-refractivity contribution is 0.0742. The van der Waals surface area contributed by atoms with E-state index < -0.39 is 0 Å². The molecule has 0 radical (unpaired) electrons. The zero-order valence-electron chi connectivity index (χ0n) is 16.5. The molecule has 5 rings (SSSR count). The van der Waals surface area contributed by atoms with Gasteiger partial charge in [0.15, 0.2) is 5.69 Å². The van der Waals surface area contributed by atoms with Gasteiger partial charge < -0.3 is 4.74 Å². The molecule has 3 aromatic rings. The molecule has 31 heavy (non-hydrogen) atoms. The molecule has 9 heteroatoms. The highest BCUT2D eigenvalue weighted by Crippen LogP contribution is 2.44. The van der Waals surface area contributed by atoms with Crippen molar-refractivity contribution in [3.8, 4) is 22.7 Å². The van der Waals surface area contributed by atoms with Crippen LogP contribution in [0, 0.1) is 0 Å². The normalized spacial score (nSPS) is 15.7. The van der Waals surface area contributed by atoms with Crippen LogP contribution in [0.5, 0.6) is 5.75 Å². The average molecular weight is 478 g/mol. The van der Waals surface area contributed by atoms with Crippen molar-refractivity contribution in [2.45, 2.75) is 25.9 Å². The number of aromatic nitrogens is 2. The first-order valence-corrected chi connectivity index (χ1v) is 11.2. The third kappa shape index (κ3) is 3.78. The number of hydrogen-bond donors (Lipinski definition) is 1. The van der Waals surface area contributed by atoms with E-state index in [-0.39, 0.29) is 12.5 Å². The lowest BCUT2D eigenvalue weighted by Crippen LogP contribution is -2.45. The Morgan fingerprint density at radius 1 is 1.03 bits per heavy atom. The van der Waals surface area contributed by atoms with E-state index in [0.29, 0.717) is 37.8 Å². The van der Waals surface area contributed by atoms with Crippen LogP contribution in [0.2, 0.25) is 15.1 Å². The number of nitrogens with zero attached hydrogens (tertiary/aromatic N) is 3. The first-order chi connectivity index (χ1) is 15.0. The predicted molar refractivity (Wildman–Crippen MR) is 121 cm³/mol. The van der Waals surface area contributed by atoms with Gasteiger partial charge in [0, 0.05) is 29.2 Å². The highest BCUT2D eigenvalue weighted by Gasteiger charge is 2.32. The van der Waals surface area contributed by atoms with E-state index in [4.69, 9.17) is 39.5 Å². The molecule has 3 heterocycles. The molecule has 0 unspecified atom stereocenters. The number of hydrazine groups is 1. The minimum atomic E-state index is -0.268. The fourth-order valence-electron chi connectivity index (χ4n) is 4.06. The fourth-order valence-corrected chi connectivity index (χ4v) is 4.78. The molecule has 0 saturated carbocycles. The van der Waals surface area contributed by atoms with E-state index in [1.165, 1.54) is 6.42 Å². The summed E-state index contributed by atoms with van der Waals surface area (Å²) in [6.07, 6.45) is 3.29. The van der Waals surface area contributed by atoms with E-state index in [1.807, 2.05) is 17.1 Å². The summed E-state index contributed by atoms with van der Waals surface area (Å²) in [5, 5.41) is 8.06. The van der Waals surface area contributed by atoms with Crippen molar-refractivity contribution in [2.75, 3.05) is 13.1 Å². The van der Waals surface area contributed by atoms with Crippen LogP contribution in [0.3, 0.4) is 0 Å². The van der Waals surface area contributed by atoms with Gasteiger partial charge >= 0.3 is 0 Å². The van der Waals surface area contributed by atoms with Crippen molar-refractivity contribution in [1.29, 1.82) is 0 Å². The molecule has 2 aliphatic rings. The van der Waals surface area contributed by atoms with Gasteiger partial charge in [0.05, 0.1) is 21.4 Å². The van der Waals surface area contributed by atoms with Crippen molar-refractivity contribution in [3.05, 3.63) is 62.7 Å². The number of rotatable bonds is 3. The van der Waals surface area contributed by atoms with E-state index in [9.17, 15) is 4.79 Å². The second-order valence-corrected chi connectivity index (χ2v) is 8.83. The molecule has 1 amide bonds. The Bertz CT molecular complexity index is 1170. The summed E-state index contributed by atoms with van der Waals surface area (Å²) in [6.45, 7) is 1.83. The van der Waals surface area contributed by atoms with Gasteiger partial charge in [-0.1, -0.05) is 47.3 Å². The van der Waals surface area contributed by atoms with Crippen LogP contribution in [0.4, 0.5) is 0 Å². The number of para-hydroxylation sites is 1. The Hall–Kier alpha value is -2.25. The van der Waals surface area contributed by atoms with Crippen molar-refractivity contribution >= 4 is 40.7 Å². The third-order valence-electron chi connectivity index (χ3n) is 5.54. The highest BCUT2D eigenvalue weighted by molar-refractivity contribution is 6.35. The van der Waals surface area contributed by atoms with Gasteiger partial charge in [0.1, 0.15) is 12.4 Å². The topological polar surface area (TPSA) is 59.4 Å². The third-order valence-corrected chi connectivity index (χ3v) is 6.37. The molecular formula is C22H19Cl3N4O2. The molecule has 0 aliphatic carbocycles. The van der Waals surface area contributed by atoms with Crippen molar-refractivity contribution in [1.82, 2.24) is 20.2 Å². The molecule has 6 nitrogen and oxygen atoms in total. The molecule has 0 atom stereocenters. The summed E-state index contributed by atoms with van der Waals surface area (Å²) in [4.78, 5) is 13.2. The van der Waals surface area contributed by atoms with Gasteiger partial charge in [-0.15, -0.1) is 0 Å². The maximum Gasteiger partial charge on any atom is 0.286 e. The van der Waals surface area contributed by atoms with Gasteiger partial charge in [-0.3, -0.25) is 10.2 Å². The predicted octanol–water partition coefficient (Wildman–Crippen LogP) is 5.52. The molecule has 0 spiro atoms. The number of fused-ring (bicyclic) bond motifs is 3. The molecule has 1 fully saturated rings. The number of nitrogens with one attached hydrogen (secondary N) is 1. The zero-order chi connectivity index (χ0) is 21.5. The minimum Gasteiger partial charge on any atom is -0.486 e. The lowest BCUT2D eigenvalue weighted by atomic mass is 10.0. The Kier molecular flexibility index (Phi) is 5.56. The monoisotopic (exact) mass is 476 g/mol. The molecule has 1 aromatic heterocycles. The van der Waals surface area contributed by atoms with Crippen molar-refractivity contribution < 1.29 is 9.53 Å².